The first-order valence-electron chi connectivity index (χ1n) is 6.89. The van der Waals surface area contributed by atoms with E-state index in [1.807, 2.05) is 6.92 Å². The van der Waals surface area contributed by atoms with Crippen molar-refractivity contribution in [3.05, 3.63) is 0 Å². The summed E-state index contributed by atoms with van der Waals surface area (Å²) in [5.74, 6) is -0.00931. The number of likely N-dealkylation sites (N-methyl/N-ethyl adjacent to an activating group) is 1. The molecule has 112 valence electrons. The quantitative estimate of drug-likeness (QED) is 0.733. The van der Waals surface area contributed by atoms with Crippen LogP contribution in [0.15, 0.2) is 0 Å². The van der Waals surface area contributed by atoms with Gasteiger partial charge in [-0.25, -0.2) is 0 Å². The highest BCUT2D eigenvalue weighted by Gasteiger charge is 2.19. The molecule has 1 atom stereocenters. The molecular formula is C13H26ClN3O2. The molecular weight excluding hydrogens is 266 g/mol. The van der Waals surface area contributed by atoms with E-state index in [4.69, 9.17) is 0 Å². The van der Waals surface area contributed by atoms with Gasteiger partial charge in [0.2, 0.25) is 11.8 Å². The van der Waals surface area contributed by atoms with Crippen molar-refractivity contribution in [1.29, 1.82) is 0 Å². The third kappa shape index (κ3) is 6.78. The van der Waals surface area contributed by atoms with Gasteiger partial charge in [0.15, 0.2) is 0 Å². The molecule has 1 rings (SSSR count). The van der Waals surface area contributed by atoms with Crippen molar-refractivity contribution in [3.8, 4) is 0 Å². The molecule has 19 heavy (non-hydrogen) atoms. The summed E-state index contributed by atoms with van der Waals surface area (Å²) in [5, 5.41) is 5.95. The lowest BCUT2D eigenvalue weighted by Crippen LogP contribution is -2.40. The smallest absolute Gasteiger partial charge is 0.239 e. The number of carbonyl (C=O) groups excluding carboxylic acids is 2. The predicted octanol–water partition coefficient (Wildman–Crippen LogP) is 0.925. The van der Waals surface area contributed by atoms with Gasteiger partial charge in [0.05, 0.1) is 6.54 Å². The molecule has 2 amide bonds. The fraction of sp³-hybridized carbons (Fsp3) is 0.846. The predicted molar refractivity (Wildman–Crippen MR) is 78.4 cm³/mol. The van der Waals surface area contributed by atoms with E-state index in [0.29, 0.717) is 19.0 Å². The summed E-state index contributed by atoms with van der Waals surface area (Å²) in [7, 11) is 1.60. The SMILES string of the molecule is CCCN(CC(=O)NC)C(=O)CCC1CCCN1.Cl. The van der Waals surface area contributed by atoms with Gasteiger partial charge in [-0.1, -0.05) is 6.92 Å². The molecule has 1 fully saturated rings. The Morgan fingerprint density at radius 2 is 2.16 bits per heavy atom. The van der Waals surface area contributed by atoms with E-state index in [0.717, 1.165) is 25.8 Å². The minimum absolute atomic E-state index is 0. The van der Waals surface area contributed by atoms with E-state index in [2.05, 4.69) is 10.6 Å². The number of hydrogen-bond acceptors (Lipinski definition) is 3. The second-order valence-electron chi connectivity index (χ2n) is 4.82. The van der Waals surface area contributed by atoms with E-state index in [1.165, 1.54) is 6.42 Å². The zero-order valence-corrected chi connectivity index (χ0v) is 12.7. The molecule has 0 bridgehead atoms. The highest BCUT2D eigenvalue weighted by atomic mass is 35.5. The van der Waals surface area contributed by atoms with Gasteiger partial charge in [-0.2, -0.15) is 0 Å². The number of hydrogen-bond donors (Lipinski definition) is 2. The Bertz CT molecular complexity index is 281. The van der Waals surface area contributed by atoms with Crippen molar-refractivity contribution >= 4 is 24.2 Å². The van der Waals surface area contributed by atoms with Crippen LogP contribution in [-0.4, -0.2) is 49.4 Å². The Hall–Kier alpha value is -0.810. The maximum Gasteiger partial charge on any atom is 0.239 e. The summed E-state index contributed by atoms with van der Waals surface area (Å²) in [6, 6.07) is 0.484. The number of nitrogens with zero attached hydrogens (tertiary/aromatic N) is 1. The number of carbonyl (C=O) groups is 2. The minimum Gasteiger partial charge on any atom is -0.358 e. The Morgan fingerprint density at radius 3 is 2.68 bits per heavy atom. The fourth-order valence-corrected chi connectivity index (χ4v) is 2.27. The number of halogens is 1. The van der Waals surface area contributed by atoms with Crippen LogP contribution >= 0.6 is 12.4 Å². The summed E-state index contributed by atoms with van der Waals surface area (Å²) in [6.07, 6.45) is 4.66. The Morgan fingerprint density at radius 1 is 1.42 bits per heavy atom. The number of nitrogens with one attached hydrogen (secondary N) is 2. The van der Waals surface area contributed by atoms with Gasteiger partial charge in [-0.15, -0.1) is 12.4 Å². The third-order valence-corrected chi connectivity index (χ3v) is 3.33. The van der Waals surface area contributed by atoms with Crippen molar-refractivity contribution < 1.29 is 9.59 Å². The van der Waals surface area contributed by atoms with Crippen LogP contribution in [0.1, 0.15) is 39.0 Å². The van der Waals surface area contributed by atoms with Crippen LogP contribution in [0.5, 0.6) is 0 Å². The summed E-state index contributed by atoms with van der Waals surface area (Å²) in [5.41, 5.74) is 0. The Labute approximate surface area is 121 Å². The second-order valence-corrected chi connectivity index (χ2v) is 4.82. The highest BCUT2D eigenvalue weighted by molar-refractivity contribution is 5.85. The fourth-order valence-electron chi connectivity index (χ4n) is 2.27. The van der Waals surface area contributed by atoms with E-state index in [1.54, 1.807) is 11.9 Å². The molecule has 1 heterocycles. The number of rotatable bonds is 7. The summed E-state index contributed by atoms with van der Waals surface area (Å²) >= 11 is 0. The Balaban J connectivity index is 0.00000324. The zero-order chi connectivity index (χ0) is 13.4. The molecule has 0 aliphatic carbocycles. The highest BCUT2D eigenvalue weighted by Crippen LogP contribution is 2.11. The molecule has 1 aliphatic rings. The molecule has 0 saturated carbocycles. The maximum absolute atomic E-state index is 12.1. The summed E-state index contributed by atoms with van der Waals surface area (Å²) in [6.45, 7) is 3.92. The lowest BCUT2D eigenvalue weighted by molar-refractivity contribution is -0.136. The van der Waals surface area contributed by atoms with Crippen LogP contribution in [0.4, 0.5) is 0 Å². The van der Waals surface area contributed by atoms with Crippen molar-refractivity contribution in [2.45, 2.75) is 45.1 Å². The first-order valence-corrected chi connectivity index (χ1v) is 6.89. The largest absolute Gasteiger partial charge is 0.358 e. The number of amides is 2. The maximum atomic E-state index is 12.1. The molecule has 0 radical (unpaired) electrons. The lowest BCUT2D eigenvalue weighted by atomic mass is 10.1. The minimum atomic E-state index is -0.101. The van der Waals surface area contributed by atoms with Crippen LogP contribution < -0.4 is 10.6 Å². The van der Waals surface area contributed by atoms with Gasteiger partial charge in [0.1, 0.15) is 0 Å². The van der Waals surface area contributed by atoms with Gasteiger partial charge < -0.3 is 15.5 Å². The topological polar surface area (TPSA) is 61.4 Å². The molecule has 1 aliphatic heterocycles. The molecule has 0 spiro atoms. The molecule has 0 aromatic carbocycles. The third-order valence-electron chi connectivity index (χ3n) is 3.33. The molecule has 0 aromatic heterocycles. The lowest BCUT2D eigenvalue weighted by Gasteiger charge is -2.22. The van der Waals surface area contributed by atoms with Crippen LogP contribution in [-0.2, 0) is 9.59 Å². The molecule has 5 nitrogen and oxygen atoms in total. The first-order chi connectivity index (χ1) is 8.67. The first kappa shape index (κ1) is 18.2. The van der Waals surface area contributed by atoms with Crippen molar-refractivity contribution in [2.75, 3.05) is 26.7 Å². The average molecular weight is 292 g/mol. The normalized spacial score (nSPS) is 17.7. The van der Waals surface area contributed by atoms with Crippen LogP contribution in [0.2, 0.25) is 0 Å². The molecule has 6 heteroatoms. The zero-order valence-electron chi connectivity index (χ0n) is 11.9. The van der Waals surface area contributed by atoms with Crippen LogP contribution in [0.3, 0.4) is 0 Å². The summed E-state index contributed by atoms with van der Waals surface area (Å²) in [4.78, 5) is 25.1. The van der Waals surface area contributed by atoms with Gasteiger partial charge in [0, 0.05) is 26.1 Å². The summed E-state index contributed by atoms with van der Waals surface area (Å²) < 4.78 is 0. The molecule has 1 saturated heterocycles. The van der Waals surface area contributed by atoms with Gasteiger partial charge in [0.25, 0.3) is 0 Å². The second kappa shape index (κ2) is 10.0. The molecule has 2 N–H and O–H groups in total. The molecule has 1 unspecified atom stereocenters. The van der Waals surface area contributed by atoms with Crippen molar-refractivity contribution in [2.24, 2.45) is 0 Å². The average Bonchev–Trinajstić information content (AvgIpc) is 2.88. The van der Waals surface area contributed by atoms with Gasteiger partial charge in [-0.05, 0) is 32.2 Å². The van der Waals surface area contributed by atoms with Gasteiger partial charge >= 0.3 is 0 Å². The van der Waals surface area contributed by atoms with Gasteiger partial charge in [-0.3, -0.25) is 9.59 Å². The van der Waals surface area contributed by atoms with Crippen LogP contribution in [0.25, 0.3) is 0 Å². The Kier molecular flexibility index (Phi) is 9.61. The van der Waals surface area contributed by atoms with E-state index in [9.17, 15) is 9.59 Å². The van der Waals surface area contributed by atoms with E-state index in [-0.39, 0.29) is 30.8 Å². The van der Waals surface area contributed by atoms with Crippen LogP contribution in [0, 0.1) is 0 Å². The standard InChI is InChI=1S/C13H25N3O2.ClH/c1-3-9-16(10-12(17)14-2)13(18)7-6-11-5-4-8-15-11;/h11,15H,3-10H2,1-2H3,(H,14,17);1H. The van der Waals surface area contributed by atoms with E-state index < -0.39 is 0 Å². The molecule has 0 aromatic rings. The van der Waals surface area contributed by atoms with Crippen molar-refractivity contribution in [1.82, 2.24) is 15.5 Å². The van der Waals surface area contributed by atoms with Crippen molar-refractivity contribution in [3.63, 3.8) is 0 Å². The van der Waals surface area contributed by atoms with E-state index >= 15 is 0 Å². The monoisotopic (exact) mass is 291 g/mol.